The van der Waals surface area contributed by atoms with Crippen molar-refractivity contribution in [3.05, 3.63) is 32.6 Å². The third kappa shape index (κ3) is 3.04. The van der Waals surface area contributed by atoms with Crippen molar-refractivity contribution >= 4 is 22.1 Å². The molecule has 1 unspecified atom stereocenters. The normalized spacial score (nSPS) is 17.6. The van der Waals surface area contributed by atoms with E-state index in [9.17, 15) is 9.59 Å². The van der Waals surface area contributed by atoms with E-state index in [1.54, 1.807) is 7.05 Å². The standard InChI is InChI=1S/C19H25N5O4/c1-4-8-24-12(11-28-14-7-5-6-9-27-14)10-13-16(24)15-17(21-20-13)22(2)19(26)23(3)18(15)25/h10,14H,4-9,11H2,1-3H3. The van der Waals surface area contributed by atoms with Crippen molar-refractivity contribution < 1.29 is 9.47 Å². The summed E-state index contributed by atoms with van der Waals surface area (Å²) in [7, 11) is 3.08. The molecule has 1 fully saturated rings. The molecule has 9 heteroatoms. The summed E-state index contributed by atoms with van der Waals surface area (Å²) in [5, 5.41) is 8.84. The van der Waals surface area contributed by atoms with E-state index in [2.05, 4.69) is 21.7 Å². The summed E-state index contributed by atoms with van der Waals surface area (Å²) in [5.74, 6) is 0. The van der Waals surface area contributed by atoms with E-state index in [1.807, 2.05) is 6.07 Å². The quantitative estimate of drug-likeness (QED) is 0.658. The smallest absolute Gasteiger partial charge is 0.332 e. The highest BCUT2D eigenvalue weighted by atomic mass is 16.7. The third-order valence-corrected chi connectivity index (χ3v) is 5.29. The number of nitrogens with zero attached hydrogens (tertiary/aromatic N) is 5. The lowest BCUT2D eigenvalue weighted by Crippen LogP contribution is -2.37. The van der Waals surface area contributed by atoms with Crippen LogP contribution < -0.4 is 11.2 Å². The van der Waals surface area contributed by atoms with Crippen molar-refractivity contribution in [2.45, 2.75) is 52.0 Å². The monoisotopic (exact) mass is 387 g/mol. The number of hydrogen-bond donors (Lipinski definition) is 0. The first-order chi connectivity index (χ1) is 13.5. The molecule has 1 aliphatic rings. The molecule has 1 saturated heterocycles. The van der Waals surface area contributed by atoms with Crippen LogP contribution in [0.5, 0.6) is 0 Å². The Balaban J connectivity index is 1.88. The van der Waals surface area contributed by atoms with Crippen LogP contribution in [0.25, 0.3) is 22.1 Å². The van der Waals surface area contributed by atoms with Gasteiger partial charge in [-0.25, -0.2) is 4.79 Å². The molecule has 4 heterocycles. The Morgan fingerprint density at radius 3 is 2.75 bits per heavy atom. The Hall–Kier alpha value is -2.52. The molecule has 0 aromatic carbocycles. The molecule has 0 amide bonds. The van der Waals surface area contributed by atoms with Crippen molar-refractivity contribution in [1.29, 1.82) is 0 Å². The Kier molecular flexibility index (Phi) is 5.03. The van der Waals surface area contributed by atoms with Crippen LogP contribution in [0.3, 0.4) is 0 Å². The summed E-state index contributed by atoms with van der Waals surface area (Å²) in [6.07, 6.45) is 3.74. The number of aromatic nitrogens is 5. The molecule has 0 N–H and O–H groups in total. The van der Waals surface area contributed by atoms with Crippen molar-refractivity contribution in [2.75, 3.05) is 6.61 Å². The maximum Gasteiger partial charge on any atom is 0.332 e. The first-order valence-corrected chi connectivity index (χ1v) is 9.70. The highest BCUT2D eigenvalue weighted by Gasteiger charge is 2.21. The predicted octanol–water partition coefficient (Wildman–Crippen LogP) is 1.44. The molecular weight excluding hydrogens is 362 g/mol. The summed E-state index contributed by atoms with van der Waals surface area (Å²) in [4.78, 5) is 25.2. The summed E-state index contributed by atoms with van der Waals surface area (Å²) < 4.78 is 16.1. The average molecular weight is 387 g/mol. The predicted molar refractivity (Wildman–Crippen MR) is 104 cm³/mol. The number of ether oxygens (including phenoxy) is 2. The van der Waals surface area contributed by atoms with Crippen LogP contribution in [0.2, 0.25) is 0 Å². The number of fused-ring (bicyclic) bond motifs is 3. The Morgan fingerprint density at radius 2 is 2.04 bits per heavy atom. The summed E-state index contributed by atoms with van der Waals surface area (Å²) in [6.45, 7) is 3.88. The van der Waals surface area contributed by atoms with Gasteiger partial charge in [0.25, 0.3) is 5.56 Å². The molecule has 3 aromatic rings. The van der Waals surface area contributed by atoms with E-state index in [0.717, 1.165) is 42.6 Å². The van der Waals surface area contributed by atoms with E-state index in [4.69, 9.17) is 9.47 Å². The van der Waals surface area contributed by atoms with Crippen LogP contribution >= 0.6 is 0 Å². The largest absolute Gasteiger partial charge is 0.353 e. The Labute approximate surface area is 161 Å². The van der Waals surface area contributed by atoms with Crippen molar-refractivity contribution in [1.82, 2.24) is 23.9 Å². The fraction of sp³-hybridized carbons (Fsp3) is 0.579. The molecule has 0 spiro atoms. The molecule has 4 rings (SSSR count). The maximum absolute atomic E-state index is 12.9. The highest BCUT2D eigenvalue weighted by Crippen LogP contribution is 2.25. The van der Waals surface area contributed by atoms with Gasteiger partial charge >= 0.3 is 5.69 Å². The van der Waals surface area contributed by atoms with E-state index in [0.29, 0.717) is 35.2 Å². The summed E-state index contributed by atoms with van der Waals surface area (Å²) >= 11 is 0. The van der Waals surface area contributed by atoms with Crippen molar-refractivity contribution in [3.8, 4) is 0 Å². The van der Waals surface area contributed by atoms with Gasteiger partial charge < -0.3 is 14.0 Å². The minimum absolute atomic E-state index is 0.196. The van der Waals surface area contributed by atoms with Gasteiger partial charge in [-0.3, -0.25) is 13.9 Å². The first kappa shape index (κ1) is 18.8. The van der Waals surface area contributed by atoms with Gasteiger partial charge in [-0.1, -0.05) is 6.92 Å². The van der Waals surface area contributed by atoms with Crippen LogP contribution in [-0.4, -0.2) is 36.8 Å². The van der Waals surface area contributed by atoms with Crippen molar-refractivity contribution in [3.63, 3.8) is 0 Å². The van der Waals surface area contributed by atoms with E-state index >= 15 is 0 Å². The van der Waals surface area contributed by atoms with Crippen LogP contribution in [0.4, 0.5) is 0 Å². The van der Waals surface area contributed by atoms with E-state index in [1.165, 1.54) is 11.6 Å². The first-order valence-electron chi connectivity index (χ1n) is 9.70. The highest BCUT2D eigenvalue weighted by molar-refractivity contribution is 6.00. The van der Waals surface area contributed by atoms with E-state index in [-0.39, 0.29) is 11.8 Å². The molecule has 0 radical (unpaired) electrons. The number of rotatable bonds is 5. The molecule has 9 nitrogen and oxygen atoms in total. The lowest BCUT2D eigenvalue weighted by atomic mass is 10.2. The molecular formula is C19H25N5O4. The molecule has 1 aliphatic heterocycles. The van der Waals surface area contributed by atoms with Gasteiger partial charge in [0, 0.05) is 32.9 Å². The van der Waals surface area contributed by atoms with Gasteiger partial charge in [0.15, 0.2) is 11.9 Å². The second kappa shape index (κ2) is 7.48. The lowest BCUT2D eigenvalue weighted by molar-refractivity contribution is -0.169. The summed E-state index contributed by atoms with van der Waals surface area (Å²) in [5.41, 5.74) is 1.75. The van der Waals surface area contributed by atoms with Crippen LogP contribution in [0.15, 0.2) is 15.7 Å². The maximum atomic E-state index is 12.9. The topological polar surface area (TPSA) is 93.2 Å². The molecule has 0 aliphatic carbocycles. The van der Waals surface area contributed by atoms with Gasteiger partial charge in [0.2, 0.25) is 0 Å². The second-order valence-electron chi connectivity index (χ2n) is 7.23. The van der Waals surface area contributed by atoms with Gasteiger partial charge in [0.05, 0.1) is 12.1 Å². The van der Waals surface area contributed by atoms with Crippen LogP contribution in [0.1, 0.15) is 38.3 Å². The number of hydrogen-bond acceptors (Lipinski definition) is 6. The van der Waals surface area contributed by atoms with Crippen LogP contribution in [-0.2, 0) is 36.7 Å². The molecule has 0 saturated carbocycles. The van der Waals surface area contributed by atoms with Gasteiger partial charge in [-0.15, -0.1) is 10.2 Å². The van der Waals surface area contributed by atoms with Crippen molar-refractivity contribution in [2.24, 2.45) is 14.1 Å². The Morgan fingerprint density at radius 1 is 1.21 bits per heavy atom. The van der Waals surface area contributed by atoms with E-state index < -0.39 is 5.69 Å². The lowest BCUT2D eigenvalue weighted by Gasteiger charge is -2.23. The third-order valence-electron chi connectivity index (χ3n) is 5.29. The van der Waals surface area contributed by atoms with Gasteiger partial charge in [-0.2, -0.15) is 0 Å². The summed E-state index contributed by atoms with van der Waals surface area (Å²) in [6, 6.07) is 1.91. The minimum atomic E-state index is -0.419. The fourth-order valence-corrected chi connectivity index (χ4v) is 3.80. The number of aryl methyl sites for hydroxylation is 2. The van der Waals surface area contributed by atoms with Gasteiger partial charge in [-0.05, 0) is 31.7 Å². The molecule has 3 aromatic heterocycles. The zero-order valence-corrected chi connectivity index (χ0v) is 16.5. The SMILES string of the molecule is CCCn1c(COC2CCCCO2)cc2nnc3c(c(=O)n(C)c(=O)n3C)c21. The van der Waals surface area contributed by atoms with Gasteiger partial charge in [0.1, 0.15) is 10.9 Å². The average Bonchev–Trinajstić information content (AvgIpc) is 3.07. The minimum Gasteiger partial charge on any atom is -0.353 e. The molecule has 0 bridgehead atoms. The zero-order chi connectivity index (χ0) is 19.8. The van der Waals surface area contributed by atoms with Crippen LogP contribution in [0, 0.1) is 0 Å². The molecule has 150 valence electrons. The second-order valence-corrected chi connectivity index (χ2v) is 7.23. The fourth-order valence-electron chi connectivity index (χ4n) is 3.80. The molecule has 1 atom stereocenters. The zero-order valence-electron chi connectivity index (χ0n) is 16.5. The molecule has 28 heavy (non-hydrogen) atoms. The Bertz CT molecular complexity index is 1140.